The zero-order valence-electron chi connectivity index (χ0n) is 14.7. The van der Waals surface area contributed by atoms with Crippen molar-refractivity contribution in [3.8, 4) is 17.2 Å². The number of nitrogens with zero attached hydrogens (tertiary/aromatic N) is 2. The van der Waals surface area contributed by atoms with E-state index in [0.717, 1.165) is 12.1 Å². The number of nitrogens with one attached hydrogen (secondary N) is 2. The second-order valence-corrected chi connectivity index (χ2v) is 5.26. The van der Waals surface area contributed by atoms with E-state index in [9.17, 15) is 0 Å². The highest BCUT2D eigenvalue weighted by molar-refractivity contribution is 5.66. The fourth-order valence-corrected chi connectivity index (χ4v) is 2.12. The monoisotopic (exact) mass is 332 g/mol. The summed E-state index contributed by atoms with van der Waals surface area (Å²) < 4.78 is 16.0. The highest BCUT2D eigenvalue weighted by Crippen LogP contribution is 2.40. The summed E-state index contributed by atoms with van der Waals surface area (Å²) in [7, 11) is 4.74. The molecule has 7 nitrogen and oxygen atoms in total. The van der Waals surface area contributed by atoms with Crippen LogP contribution in [-0.2, 0) is 0 Å². The van der Waals surface area contributed by atoms with Crippen molar-refractivity contribution in [2.24, 2.45) is 0 Å². The normalized spacial score (nSPS) is 11.5. The largest absolute Gasteiger partial charge is 0.493 e. The van der Waals surface area contributed by atoms with Crippen LogP contribution in [0.4, 0.5) is 17.5 Å². The van der Waals surface area contributed by atoms with Crippen LogP contribution in [0.25, 0.3) is 0 Å². The Morgan fingerprint density at radius 1 is 1.08 bits per heavy atom. The molecule has 2 N–H and O–H groups in total. The Hall–Kier alpha value is -2.70. The Morgan fingerprint density at radius 3 is 2.29 bits per heavy atom. The molecule has 0 aliphatic carbocycles. The molecular formula is C17H24N4O3. The van der Waals surface area contributed by atoms with E-state index >= 15 is 0 Å². The van der Waals surface area contributed by atoms with Gasteiger partial charge in [0.25, 0.3) is 0 Å². The van der Waals surface area contributed by atoms with Crippen LogP contribution in [0.2, 0.25) is 0 Å². The van der Waals surface area contributed by atoms with Crippen molar-refractivity contribution >= 4 is 17.5 Å². The van der Waals surface area contributed by atoms with Gasteiger partial charge in [0.05, 0.1) is 21.3 Å². The Balaban J connectivity index is 2.26. The lowest BCUT2D eigenvalue weighted by Crippen LogP contribution is -2.15. The smallest absolute Gasteiger partial charge is 0.224 e. The molecule has 2 rings (SSSR count). The first-order valence-corrected chi connectivity index (χ1v) is 7.77. The van der Waals surface area contributed by atoms with Gasteiger partial charge in [-0.05, 0) is 19.4 Å². The van der Waals surface area contributed by atoms with E-state index in [2.05, 4.69) is 34.4 Å². The molecule has 1 unspecified atom stereocenters. The molecule has 0 saturated carbocycles. The molecular weight excluding hydrogens is 308 g/mol. The molecule has 0 aliphatic heterocycles. The number of ether oxygens (including phenoxy) is 3. The van der Waals surface area contributed by atoms with Gasteiger partial charge in [-0.15, -0.1) is 0 Å². The highest BCUT2D eigenvalue weighted by atomic mass is 16.5. The standard InChI is InChI=1S/C17H24N4O3/c1-6-11(2)19-17-18-8-7-15(21-17)20-12-9-13(22-3)16(24-5)14(10-12)23-4/h7-11H,6H2,1-5H3,(H2,18,19,20,21). The number of hydrogen-bond acceptors (Lipinski definition) is 7. The van der Waals surface area contributed by atoms with Crippen LogP contribution in [-0.4, -0.2) is 37.3 Å². The predicted octanol–water partition coefficient (Wildman–Crippen LogP) is 3.46. The Morgan fingerprint density at radius 2 is 1.75 bits per heavy atom. The van der Waals surface area contributed by atoms with E-state index in [1.54, 1.807) is 33.6 Å². The minimum Gasteiger partial charge on any atom is -0.493 e. The number of benzene rings is 1. The fourth-order valence-electron chi connectivity index (χ4n) is 2.12. The van der Waals surface area contributed by atoms with Crippen molar-refractivity contribution in [1.29, 1.82) is 0 Å². The molecule has 0 amide bonds. The average molecular weight is 332 g/mol. The highest BCUT2D eigenvalue weighted by Gasteiger charge is 2.13. The molecule has 0 aliphatic rings. The summed E-state index contributed by atoms with van der Waals surface area (Å²) in [6, 6.07) is 5.75. The third-order valence-corrected chi connectivity index (χ3v) is 3.58. The molecule has 0 saturated heterocycles. The predicted molar refractivity (Wildman–Crippen MR) is 94.8 cm³/mol. The summed E-state index contributed by atoms with van der Waals surface area (Å²) in [5.74, 6) is 2.96. The zero-order chi connectivity index (χ0) is 17.5. The van der Waals surface area contributed by atoms with Crippen LogP contribution >= 0.6 is 0 Å². The van der Waals surface area contributed by atoms with Gasteiger partial charge in [-0.1, -0.05) is 6.92 Å². The first-order chi connectivity index (χ1) is 11.6. The van der Waals surface area contributed by atoms with Crippen LogP contribution < -0.4 is 24.8 Å². The zero-order valence-corrected chi connectivity index (χ0v) is 14.7. The maximum atomic E-state index is 5.36. The maximum Gasteiger partial charge on any atom is 0.224 e. The SMILES string of the molecule is CCC(C)Nc1nccc(Nc2cc(OC)c(OC)c(OC)c2)n1. The van der Waals surface area contributed by atoms with Gasteiger partial charge in [-0.2, -0.15) is 4.98 Å². The molecule has 0 bridgehead atoms. The first kappa shape index (κ1) is 17.7. The number of hydrogen-bond donors (Lipinski definition) is 2. The summed E-state index contributed by atoms with van der Waals surface area (Å²) in [4.78, 5) is 8.70. The van der Waals surface area contributed by atoms with Gasteiger partial charge >= 0.3 is 0 Å². The van der Waals surface area contributed by atoms with Crippen LogP contribution in [0.1, 0.15) is 20.3 Å². The van der Waals surface area contributed by atoms with E-state index in [-0.39, 0.29) is 0 Å². The lowest BCUT2D eigenvalue weighted by Gasteiger charge is -2.15. The number of rotatable bonds is 8. The van der Waals surface area contributed by atoms with Crippen LogP contribution in [0.3, 0.4) is 0 Å². The molecule has 1 heterocycles. The summed E-state index contributed by atoms with van der Waals surface area (Å²) in [5, 5.41) is 6.48. The third-order valence-electron chi connectivity index (χ3n) is 3.58. The number of aromatic nitrogens is 2. The summed E-state index contributed by atoms with van der Waals surface area (Å²) in [6.45, 7) is 4.19. The molecule has 0 spiro atoms. The lowest BCUT2D eigenvalue weighted by atomic mass is 10.2. The number of anilines is 3. The van der Waals surface area contributed by atoms with Gasteiger partial charge in [-0.25, -0.2) is 4.98 Å². The van der Waals surface area contributed by atoms with Gasteiger partial charge in [0.2, 0.25) is 11.7 Å². The van der Waals surface area contributed by atoms with E-state index in [1.807, 2.05) is 12.1 Å². The van der Waals surface area contributed by atoms with Crippen LogP contribution in [0.5, 0.6) is 17.2 Å². The second-order valence-electron chi connectivity index (χ2n) is 5.26. The van der Waals surface area contributed by atoms with Crippen LogP contribution in [0.15, 0.2) is 24.4 Å². The van der Waals surface area contributed by atoms with Gasteiger partial charge in [-0.3, -0.25) is 0 Å². The Kier molecular flexibility index (Phi) is 6.06. The molecule has 130 valence electrons. The Bertz CT molecular complexity index is 654. The van der Waals surface area contributed by atoms with E-state index in [0.29, 0.717) is 35.1 Å². The first-order valence-electron chi connectivity index (χ1n) is 7.77. The van der Waals surface area contributed by atoms with E-state index in [1.165, 1.54) is 0 Å². The minimum atomic E-state index is 0.307. The van der Waals surface area contributed by atoms with Crippen molar-refractivity contribution in [3.63, 3.8) is 0 Å². The van der Waals surface area contributed by atoms with Crippen molar-refractivity contribution < 1.29 is 14.2 Å². The molecule has 1 aromatic carbocycles. The lowest BCUT2D eigenvalue weighted by molar-refractivity contribution is 0.324. The molecule has 0 fully saturated rings. The molecule has 0 radical (unpaired) electrons. The molecule has 7 heteroatoms. The summed E-state index contributed by atoms with van der Waals surface area (Å²) in [6.07, 6.45) is 2.70. The van der Waals surface area contributed by atoms with Crippen molar-refractivity contribution in [2.45, 2.75) is 26.3 Å². The molecule has 2 aromatic rings. The molecule has 1 aromatic heterocycles. The maximum absolute atomic E-state index is 5.36. The summed E-state index contributed by atoms with van der Waals surface area (Å²) in [5.41, 5.74) is 0.776. The minimum absolute atomic E-state index is 0.307. The van der Waals surface area contributed by atoms with Crippen molar-refractivity contribution in [1.82, 2.24) is 9.97 Å². The van der Waals surface area contributed by atoms with Gasteiger partial charge in [0.15, 0.2) is 11.5 Å². The average Bonchev–Trinajstić information content (AvgIpc) is 2.60. The topological polar surface area (TPSA) is 77.5 Å². The number of methoxy groups -OCH3 is 3. The van der Waals surface area contributed by atoms with Crippen molar-refractivity contribution in [3.05, 3.63) is 24.4 Å². The molecule has 1 atom stereocenters. The van der Waals surface area contributed by atoms with E-state index in [4.69, 9.17) is 14.2 Å². The van der Waals surface area contributed by atoms with E-state index < -0.39 is 0 Å². The van der Waals surface area contributed by atoms with Crippen LogP contribution in [0, 0.1) is 0 Å². The quantitative estimate of drug-likeness (QED) is 0.766. The molecule has 24 heavy (non-hydrogen) atoms. The van der Waals surface area contributed by atoms with Crippen molar-refractivity contribution in [2.75, 3.05) is 32.0 Å². The fraction of sp³-hybridized carbons (Fsp3) is 0.412. The van der Waals surface area contributed by atoms with Gasteiger partial charge < -0.3 is 24.8 Å². The third kappa shape index (κ3) is 4.18. The second kappa shape index (κ2) is 8.24. The van der Waals surface area contributed by atoms with Gasteiger partial charge in [0.1, 0.15) is 5.82 Å². The Labute approximate surface area is 142 Å². The summed E-state index contributed by atoms with van der Waals surface area (Å²) >= 11 is 0. The van der Waals surface area contributed by atoms with Gasteiger partial charge in [0, 0.05) is 30.1 Å².